The highest BCUT2D eigenvalue weighted by atomic mass is 32.2. The zero-order valence-corrected chi connectivity index (χ0v) is 17.2. The van der Waals surface area contributed by atoms with Crippen LogP contribution < -0.4 is 10.6 Å². The molecule has 2 aliphatic rings. The number of carbonyl (C=O) groups excluding carboxylic acids is 1. The normalized spacial score (nSPS) is 37.8. The lowest BCUT2D eigenvalue weighted by molar-refractivity contribution is -0.202. The van der Waals surface area contributed by atoms with E-state index in [1.165, 1.54) is 11.8 Å². The van der Waals surface area contributed by atoms with Crippen LogP contribution in [0.15, 0.2) is 12.2 Å². The molecular weight excluding hydrogens is 368 g/mol. The number of hydrogen-bond donors (Lipinski definition) is 5. The third-order valence-electron chi connectivity index (χ3n) is 5.50. The lowest BCUT2D eigenvalue weighted by atomic mass is 9.91. The van der Waals surface area contributed by atoms with Gasteiger partial charge in [0.2, 0.25) is 5.91 Å². The van der Waals surface area contributed by atoms with Gasteiger partial charge in [0.25, 0.3) is 0 Å². The fraction of sp³-hybridized carbons (Fsp3) is 0.842. The van der Waals surface area contributed by atoms with Crippen molar-refractivity contribution in [1.82, 2.24) is 10.6 Å². The monoisotopic (exact) mass is 402 g/mol. The molecule has 2 saturated heterocycles. The number of rotatable bonds is 8. The van der Waals surface area contributed by atoms with Gasteiger partial charge in [0.15, 0.2) is 0 Å². The molecule has 2 fully saturated rings. The lowest BCUT2D eigenvalue weighted by Crippen LogP contribution is -2.63. The van der Waals surface area contributed by atoms with E-state index >= 15 is 0 Å². The average molecular weight is 403 g/mol. The number of amides is 1. The molecule has 0 bridgehead atoms. The molecule has 2 heterocycles. The quantitative estimate of drug-likeness (QED) is 0.373. The van der Waals surface area contributed by atoms with Crippen molar-refractivity contribution in [3.8, 4) is 0 Å². The number of thioether (sulfide) groups is 1. The molecule has 0 radical (unpaired) electrons. The molecule has 156 valence electrons. The van der Waals surface area contributed by atoms with Crippen LogP contribution in [0, 0.1) is 5.92 Å². The summed E-state index contributed by atoms with van der Waals surface area (Å²) in [5.74, 6) is 0.345. The molecule has 8 unspecified atom stereocenters. The van der Waals surface area contributed by atoms with Gasteiger partial charge in [-0.1, -0.05) is 31.9 Å². The lowest BCUT2D eigenvalue weighted by Gasteiger charge is -2.43. The first-order valence-corrected chi connectivity index (χ1v) is 11.0. The molecule has 8 heteroatoms. The Labute approximate surface area is 165 Å². The first kappa shape index (κ1) is 22.6. The SMILES string of the molecule is C=C(C)C(NC(=O)C1CC(CCCC)CN1)C1OC(SC)C(O)C(O)C1O. The molecular formula is C19H34N2O5S. The maximum atomic E-state index is 12.8. The van der Waals surface area contributed by atoms with E-state index < -0.39 is 35.9 Å². The molecule has 0 aromatic rings. The molecule has 1 amide bonds. The van der Waals surface area contributed by atoms with Crippen LogP contribution in [-0.2, 0) is 9.53 Å². The number of ether oxygens (including phenoxy) is 1. The summed E-state index contributed by atoms with van der Waals surface area (Å²) in [5, 5.41) is 36.8. The Bertz CT molecular complexity index is 518. The van der Waals surface area contributed by atoms with E-state index in [-0.39, 0.29) is 11.9 Å². The predicted molar refractivity (Wildman–Crippen MR) is 106 cm³/mol. The van der Waals surface area contributed by atoms with Crippen molar-refractivity contribution in [2.45, 2.75) is 81.5 Å². The van der Waals surface area contributed by atoms with E-state index in [1.807, 2.05) is 0 Å². The second kappa shape index (κ2) is 10.2. The van der Waals surface area contributed by atoms with Crippen LogP contribution in [-0.4, -0.2) is 76.0 Å². The van der Waals surface area contributed by atoms with Gasteiger partial charge in [-0.25, -0.2) is 0 Å². The summed E-state index contributed by atoms with van der Waals surface area (Å²) in [4.78, 5) is 12.8. The van der Waals surface area contributed by atoms with Crippen LogP contribution in [0.2, 0.25) is 0 Å². The van der Waals surface area contributed by atoms with E-state index in [9.17, 15) is 20.1 Å². The van der Waals surface area contributed by atoms with Crippen molar-refractivity contribution in [3.05, 3.63) is 12.2 Å². The van der Waals surface area contributed by atoms with E-state index in [4.69, 9.17) is 4.74 Å². The molecule has 0 saturated carbocycles. The van der Waals surface area contributed by atoms with Crippen LogP contribution in [0.3, 0.4) is 0 Å². The third kappa shape index (κ3) is 5.46. The molecule has 2 rings (SSSR count). The Morgan fingerprint density at radius 2 is 2.04 bits per heavy atom. The summed E-state index contributed by atoms with van der Waals surface area (Å²) in [6.07, 6.45) is 1.23. The fourth-order valence-electron chi connectivity index (χ4n) is 3.80. The average Bonchev–Trinajstić information content (AvgIpc) is 3.12. The van der Waals surface area contributed by atoms with E-state index in [0.29, 0.717) is 11.5 Å². The number of aliphatic hydroxyl groups excluding tert-OH is 3. The Kier molecular flexibility index (Phi) is 8.58. The Hall–Kier alpha value is -0.640. The topological polar surface area (TPSA) is 111 Å². The molecule has 2 aliphatic heterocycles. The summed E-state index contributed by atoms with van der Waals surface area (Å²) in [6.45, 7) is 8.66. The van der Waals surface area contributed by atoms with Crippen LogP contribution >= 0.6 is 11.8 Å². The van der Waals surface area contributed by atoms with Gasteiger partial charge in [-0.15, -0.1) is 11.8 Å². The van der Waals surface area contributed by atoms with Crippen molar-refractivity contribution >= 4 is 17.7 Å². The van der Waals surface area contributed by atoms with E-state index in [1.54, 1.807) is 13.2 Å². The van der Waals surface area contributed by atoms with Crippen LogP contribution in [0.5, 0.6) is 0 Å². The number of carbonyl (C=O) groups is 1. The Morgan fingerprint density at radius 1 is 1.33 bits per heavy atom. The Morgan fingerprint density at radius 3 is 2.63 bits per heavy atom. The van der Waals surface area contributed by atoms with Crippen molar-refractivity contribution in [2.75, 3.05) is 12.8 Å². The number of hydrogen-bond acceptors (Lipinski definition) is 7. The van der Waals surface area contributed by atoms with Crippen molar-refractivity contribution in [2.24, 2.45) is 5.92 Å². The van der Waals surface area contributed by atoms with Crippen LogP contribution in [0.4, 0.5) is 0 Å². The zero-order valence-electron chi connectivity index (χ0n) is 16.4. The molecule has 8 atom stereocenters. The molecule has 0 aromatic carbocycles. The van der Waals surface area contributed by atoms with Gasteiger partial charge in [0, 0.05) is 0 Å². The summed E-state index contributed by atoms with van der Waals surface area (Å²) in [6, 6.07) is -0.929. The maximum Gasteiger partial charge on any atom is 0.237 e. The second-order valence-electron chi connectivity index (χ2n) is 7.71. The highest BCUT2D eigenvalue weighted by molar-refractivity contribution is 7.99. The fourth-order valence-corrected chi connectivity index (χ4v) is 4.48. The predicted octanol–water partition coefficient (Wildman–Crippen LogP) is 0.386. The minimum absolute atomic E-state index is 0.154. The smallest absolute Gasteiger partial charge is 0.237 e. The molecule has 0 aromatic heterocycles. The van der Waals surface area contributed by atoms with Crippen molar-refractivity contribution in [3.63, 3.8) is 0 Å². The third-order valence-corrected chi connectivity index (χ3v) is 6.36. The molecule has 5 N–H and O–H groups in total. The first-order valence-electron chi connectivity index (χ1n) is 9.71. The molecule has 0 aliphatic carbocycles. The van der Waals surface area contributed by atoms with Crippen molar-refractivity contribution < 1.29 is 24.9 Å². The van der Waals surface area contributed by atoms with Gasteiger partial charge in [0.1, 0.15) is 29.9 Å². The zero-order chi connectivity index (χ0) is 20.1. The van der Waals surface area contributed by atoms with Gasteiger partial charge < -0.3 is 30.7 Å². The van der Waals surface area contributed by atoms with Gasteiger partial charge in [-0.3, -0.25) is 4.79 Å². The molecule has 7 nitrogen and oxygen atoms in total. The number of unbranched alkanes of at least 4 members (excludes halogenated alkanes) is 1. The molecule has 27 heavy (non-hydrogen) atoms. The summed E-state index contributed by atoms with van der Waals surface area (Å²) >= 11 is 1.25. The Balaban J connectivity index is 2.02. The van der Waals surface area contributed by atoms with Crippen molar-refractivity contribution in [1.29, 1.82) is 0 Å². The van der Waals surface area contributed by atoms with Crippen LogP contribution in [0.1, 0.15) is 39.5 Å². The largest absolute Gasteiger partial charge is 0.387 e. The van der Waals surface area contributed by atoms with Crippen LogP contribution in [0.25, 0.3) is 0 Å². The minimum atomic E-state index is -1.34. The number of aliphatic hydroxyl groups is 3. The van der Waals surface area contributed by atoms with E-state index in [0.717, 1.165) is 32.2 Å². The van der Waals surface area contributed by atoms with E-state index in [2.05, 4.69) is 24.1 Å². The molecule has 0 spiro atoms. The summed E-state index contributed by atoms with van der Waals surface area (Å²) in [7, 11) is 0. The maximum absolute atomic E-state index is 12.8. The summed E-state index contributed by atoms with van der Waals surface area (Å²) < 4.78 is 5.80. The highest BCUT2D eigenvalue weighted by Crippen LogP contribution is 2.30. The first-order chi connectivity index (χ1) is 12.8. The highest BCUT2D eigenvalue weighted by Gasteiger charge is 2.47. The van der Waals surface area contributed by atoms with Gasteiger partial charge >= 0.3 is 0 Å². The summed E-state index contributed by atoms with van der Waals surface area (Å²) in [5.41, 5.74) is -0.0634. The van der Waals surface area contributed by atoms with Gasteiger partial charge in [0.05, 0.1) is 12.1 Å². The van der Waals surface area contributed by atoms with Gasteiger partial charge in [-0.2, -0.15) is 0 Å². The van der Waals surface area contributed by atoms with Gasteiger partial charge in [-0.05, 0) is 38.5 Å². The standard InChI is InChI=1S/C19H34N2O5S/c1-5-6-7-11-8-12(20-9-11)18(25)21-13(10(2)3)17-15(23)14(22)16(24)19(26-17)27-4/h11-17,19-20,22-24H,2,5-9H2,1,3-4H3,(H,21,25). The second-order valence-corrected chi connectivity index (χ2v) is 8.65. The number of nitrogens with one attached hydrogen (secondary N) is 2. The minimum Gasteiger partial charge on any atom is -0.387 e.